The molecule has 0 aliphatic carbocycles. The number of primary amides is 1. The van der Waals surface area contributed by atoms with Gasteiger partial charge in [0.2, 0.25) is 5.91 Å². The summed E-state index contributed by atoms with van der Waals surface area (Å²) in [4.78, 5) is 16.1. The number of benzene rings is 2. The third-order valence-corrected chi connectivity index (χ3v) is 7.38. The molecule has 2 heterocycles. The number of amides is 1. The number of halogens is 1. The summed E-state index contributed by atoms with van der Waals surface area (Å²) in [5, 5.41) is 0. The molecule has 2 aliphatic heterocycles. The number of carbonyl (C=O) groups excluding carboxylic acids is 1. The van der Waals surface area contributed by atoms with Gasteiger partial charge in [0.1, 0.15) is 17.5 Å². The molecule has 4 rings (SSSR count). The topological polar surface area (TPSA) is 58.8 Å². The standard InChI is InChI=1S/C30H40FN3O2/c1-22(34-17-5-4-6-28(34)29(32)35)24-7-9-25(10-8-24)26-11-13-27(14-12-26)36-20-23-15-18-33(19-16-23)21-30(2,3)31/h7-14,23,28H,1,4-6,15-21H2,2-3H3,(H2,32,35). The van der Waals surface area contributed by atoms with Crippen molar-refractivity contribution in [2.75, 3.05) is 32.8 Å². The van der Waals surface area contributed by atoms with Gasteiger partial charge >= 0.3 is 0 Å². The summed E-state index contributed by atoms with van der Waals surface area (Å²) in [5.41, 5.74) is 8.59. The van der Waals surface area contributed by atoms with Gasteiger partial charge in [-0.1, -0.05) is 43.0 Å². The van der Waals surface area contributed by atoms with Crippen molar-refractivity contribution in [3.63, 3.8) is 0 Å². The van der Waals surface area contributed by atoms with E-state index in [0.29, 0.717) is 19.1 Å². The van der Waals surface area contributed by atoms with Crippen molar-refractivity contribution in [3.05, 3.63) is 60.7 Å². The van der Waals surface area contributed by atoms with Crippen LogP contribution in [0.15, 0.2) is 55.1 Å². The summed E-state index contributed by atoms with van der Waals surface area (Å²) in [7, 11) is 0. The van der Waals surface area contributed by atoms with Crippen LogP contribution in [0.1, 0.15) is 51.5 Å². The number of likely N-dealkylation sites (tertiary alicyclic amines) is 2. The quantitative estimate of drug-likeness (QED) is 0.501. The zero-order chi connectivity index (χ0) is 25.7. The van der Waals surface area contributed by atoms with Crippen LogP contribution in [-0.2, 0) is 4.79 Å². The number of rotatable bonds is 9. The summed E-state index contributed by atoms with van der Waals surface area (Å²) >= 11 is 0. The maximum Gasteiger partial charge on any atom is 0.240 e. The van der Waals surface area contributed by atoms with Crippen molar-refractivity contribution in [2.45, 2.75) is 57.7 Å². The second kappa shape index (κ2) is 11.5. The molecule has 0 aromatic heterocycles. The van der Waals surface area contributed by atoms with E-state index in [-0.39, 0.29) is 11.9 Å². The van der Waals surface area contributed by atoms with Gasteiger partial charge in [-0.25, -0.2) is 4.39 Å². The van der Waals surface area contributed by atoms with Crippen molar-refractivity contribution < 1.29 is 13.9 Å². The van der Waals surface area contributed by atoms with Crippen molar-refractivity contribution >= 4 is 11.6 Å². The number of piperidine rings is 2. The Bertz CT molecular complexity index is 1020. The Hall–Kier alpha value is -2.86. The number of nitrogens with two attached hydrogens (primary N) is 1. The molecule has 1 unspecified atom stereocenters. The summed E-state index contributed by atoms with van der Waals surface area (Å²) in [6, 6.07) is 16.2. The van der Waals surface area contributed by atoms with E-state index < -0.39 is 5.67 Å². The monoisotopic (exact) mass is 493 g/mol. The van der Waals surface area contributed by atoms with E-state index in [1.807, 2.05) is 12.1 Å². The first-order valence-electron chi connectivity index (χ1n) is 13.2. The average molecular weight is 494 g/mol. The van der Waals surface area contributed by atoms with Crippen LogP contribution in [0.2, 0.25) is 0 Å². The van der Waals surface area contributed by atoms with Crippen LogP contribution in [0.25, 0.3) is 16.8 Å². The lowest BCUT2D eigenvalue weighted by Crippen LogP contribution is -2.46. The normalized spacial score (nSPS) is 19.8. The third-order valence-electron chi connectivity index (χ3n) is 7.38. The molecule has 1 atom stereocenters. The Morgan fingerprint density at radius 1 is 1.00 bits per heavy atom. The van der Waals surface area contributed by atoms with Gasteiger partial charge in [0.05, 0.1) is 6.61 Å². The molecule has 5 nitrogen and oxygen atoms in total. The largest absolute Gasteiger partial charge is 0.493 e. The van der Waals surface area contributed by atoms with E-state index in [0.717, 1.165) is 79.9 Å². The van der Waals surface area contributed by atoms with Crippen LogP contribution in [0.5, 0.6) is 5.75 Å². The predicted molar refractivity (Wildman–Crippen MR) is 144 cm³/mol. The molecule has 2 aromatic rings. The van der Waals surface area contributed by atoms with E-state index in [1.165, 1.54) is 0 Å². The first-order chi connectivity index (χ1) is 17.2. The van der Waals surface area contributed by atoms with Crippen LogP contribution in [-0.4, -0.2) is 60.2 Å². The Labute approximate surface area is 215 Å². The lowest BCUT2D eigenvalue weighted by atomic mass is 9.96. The van der Waals surface area contributed by atoms with Crippen LogP contribution in [0, 0.1) is 5.92 Å². The van der Waals surface area contributed by atoms with E-state index in [2.05, 4.69) is 52.8 Å². The summed E-state index contributed by atoms with van der Waals surface area (Å²) in [6.07, 6.45) is 4.95. The van der Waals surface area contributed by atoms with Gasteiger partial charge in [-0.05, 0) is 93.8 Å². The van der Waals surface area contributed by atoms with E-state index in [4.69, 9.17) is 10.5 Å². The van der Waals surface area contributed by atoms with Crippen molar-refractivity contribution in [3.8, 4) is 16.9 Å². The number of hydrogen-bond donors (Lipinski definition) is 1. The van der Waals surface area contributed by atoms with E-state index in [9.17, 15) is 9.18 Å². The highest BCUT2D eigenvalue weighted by Crippen LogP contribution is 2.29. The smallest absolute Gasteiger partial charge is 0.240 e. The second-order valence-corrected chi connectivity index (χ2v) is 10.9. The fraction of sp³-hybridized carbons (Fsp3) is 0.500. The van der Waals surface area contributed by atoms with E-state index >= 15 is 0 Å². The first kappa shape index (κ1) is 26.2. The van der Waals surface area contributed by atoms with Gasteiger partial charge in [-0.2, -0.15) is 0 Å². The summed E-state index contributed by atoms with van der Waals surface area (Å²) < 4.78 is 20.0. The summed E-state index contributed by atoms with van der Waals surface area (Å²) in [5.74, 6) is 1.11. The highest BCUT2D eigenvalue weighted by Gasteiger charge is 2.28. The van der Waals surface area contributed by atoms with Gasteiger partial charge in [0, 0.05) is 18.8 Å². The van der Waals surface area contributed by atoms with Gasteiger partial charge < -0.3 is 20.3 Å². The third kappa shape index (κ3) is 6.88. The molecule has 194 valence electrons. The van der Waals surface area contributed by atoms with Crippen LogP contribution < -0.4 is 10.5 Å². The summed E-state index contributed by atoms with van der Waals surface area (Å²) in [6.45, 7) is 11.4. The lowest BCUT2D eigenvalue weighted by molar-refractivity contribution is -0.123. The molecule has 0 spiro atoms. The maximum absolute atomic E-state index is 13.9. The number of carbonyl (C=O) groups is 1. The highest BCUT2D eigenvalue weighted by atomic mass is 19.1. The highest BCUT2D eigenvalue weighted by molar-refractivity contribution is 5.82. The molecule has 36 heavy (non-hydrogen) atoms. The predicted octanol–water partition coefficient (Wildman–Crippen LogP) is 5.50. The first-order valence-corrected chi connectivity index (χ1v) is 13.2. The van der Waals surface area contributed by atoms with Crippen LogP contribution >= 0.6 is 0 Å². The Kier molecular flexibility index (Phi) is 8.35. The zero-order valence-electron chi connectivity index (χ0n) is 21.7. The fourth-order valence-electron chi connectivity index (χ4n) is 5.37. The van der Waals surface area contributed by atoms with Crippen molar-refractivity contribution in [2.24, 2.45) is 11.7 Å². The molecule has 2 saturated heterocycles. The molecule has 0 saturated carbocycles. The molecule has 1 amide bonds. The fourth-order valence-corrected chi connectivity index (χ4v) is 5.37. The zero-order valence-corrected chi connectivity index (χ0v) is 21.7. The van der Waals surface area contributed by atoms with Crippen LogP contribution in [0.3, 0.4) is 0 Å². The Morgan fingerprint density at radius 2 is 1.61 bits per heavy atom. The molecule has 2 N–H and O–H groups in total. The van der Waals surface area contributed by atoms with Crippen LogP contribution in [0.4, 0.5) is 4.39 Å². The molecule has 2 aromatic carbocycles. The Balaban J connectivity index is 1.29. The number of nitrogens with zero attached hydrogens (tertiary/aromatic N) is 2. The number of alkyl halides is 1. The molecule has 2 fully saturated rings. The molecule has 0 radical (unpaired) electrons. The number of ether oxygens (including phenoxy) is 1. The van der Waals surface area contributed by atoms with E-state index in [1.54, 1.807) is 13.8 Å². The minimum atomic E-state index is -1.14. The maximum atomic E-state index is 13.9. The molecule has 2 aliphatic rings. The minimum Gasteiger partial charge on any atom is -0.493 e. The SMILES string of the molecule is C=C(c1ccc(-c2ccc(OCC3CCN(CC(C)(C)F)CC3)cc2)cc1)N1CCCCC1C(N)=O. The molecular weight excluding hydrogens is 453 g/mol. The molecule has 6 heteroatoms. The van der Waals surface area contributed by atoms with Crippen molar-refractivity contribution in [1.29, 1.82) is 0 Å². The minimum absolute atomic E-state index is 0.270. The van der Waals surface area contributed by atoms with Gasteiger partial charge in [-0.3, -0.25) is 4.79 Å². The van der Waals surface area contributed by atoms with Gasteiger partial charge in [0.25, 0.3) is 0 Å². The molecular formula is C30H40FN3O2. The average Bonchev–Trinajstić information content (AvgIpc) is 2.87. The number of hydrogen-bond acceptors (Lipinski definition) is 4. The lowest BCUT2D eigenvalue weighted by Gasteiger charge is -2.37. The van der Waals surface area contributed by atoms with Gasteiger partial charge in [0.15, 0.2) is 0 Å². The second-order valence-electron chi connectivity index (χ2n) is 10.9. The van der Waals surface area contributed by atoms with Crippen molar-refractivity contribution in [1.82, 2.24) is 9.80 Å². The molecule has 0 bridgehead atoms. The Morgan fingerprint density at radius 3 is 2.19 bits per heavy atom. The van der Waals surface area contributed by atoms with Gasteiger partial charge in [-0.15, -0.1) is 0 Å².